The van der Waals surface area contributed by atoms with Crippen molar-refractivity contribution in [2.75, 3.05) is 13.1 Å². The Kier molecular flexibility index (Phi) is 3.46. The number of rotatable bonds is 3. The second-order valence-corrected chi connectivity index (χ2v) is 5.48. The van der Waals surface area contributed by atoms with Crippen LogP contribution in [0, 0.1) is 6.92 Å². The molecular weight excluding hydrogens is 226 g/mol. The minimum Gasteiger partial charge on any atom is -0.460 e. The molecule has 4 heteroatoms. The van der Waals surface area contributed by atoms with Crippen LogP contribution in [0.5, 0.6) is 6.01 Å². The van der Waals surface area contributed by atoms with Crippen molar-refractivity contribution in [2.45, 2.75) is 51.2 Å². The fourth-order valence-corrected chi connectivity index (χ4v) is 2.70. The van der Waals surface area contributed by atoms with Crippen LogP contribution in [0.1, 0.15) is 37.7 Å². The van der Waals surface area contributed by atoms with E-state index in [0.29, 0.717) is 12.1 Å². The number of piperidine rings is 1. The van der Waals surface area contributed by atoms with Crippen molar-refractivity contribution >= 4 is 0 Å². The summed E-state index contributed by atoms with van der Waals surface area (Å²) in [6.45, 7) is 4.32. The van der Waals surface area contributed by atoms with Crippen LogP contribution >= 0.6 is 0 Å². The lowest BCUT2D eigenvalue weighted by Gasteiger charge is -2.41. The Balaban J connectivity index is 1.48. The Morgan fingerprint density at radius 3 is 2.33 bits per heavy atom. The highest BCUT2D eigenvalue weighted by molar-refractivity contribution is 5.05. The average molecular weight is 247 g/mol. The van der Waals surface area contributed by atoms with E-state index in [-0.39, 0.29) is 0 Å². The number of likely N-dealkylation sites (tertiary alicyclic amines) is 1. The minimum absolute atomic E-state index is 0.295. The topological polar surface area (TPSA) is 38.2 Å². The molecule has 0 amide bonds. The van der Waals surface area contributed by atoms with Crippen LogP contribution in [0.3, 0.4) is 0 Å². The Hall–Kier alpha value is -1.16. The molecule has 0 spiro atoms. The molecule has 18 heavy (non-hydrogen) atoms. The first-order valence-electron chi connectivity index (χ1n) is 7.00. The first-order valence-corrected chi connectivity index (χ1v) is 7.00. The molecule has 0 N–H and O–H groups in total. The highest BCUT2D eigenvalue weighted by Crippen LogP contribution is 2.28. The maximum Gasteiger partial charge on any atom is 0.316 e. The van der Waals surface area contributed by atoms with Gasteiger partial charge in [0.2, 0.25) is 0 Å². The third-order valence-electron chi connectivity index (χ3n) is 4.10. The lowest BCUT2D eigenvalue weighted by molar-refractivity contribution is 0.0454. The first-order chi connectivity index (χ1) is 8.81. The second-order valence-electron chi connectivity index (χ2n) is 5.48. The predicted molar refractivity (Wildman–Crippen MR) is 69.6 cm³/mol. The quantitative estimate of drug-likeness (QED) is 0.820. The number of hydrogen-bond donors (Lipinski definition) is 0. The molecule has 98 valence electrons. The molecule has 1 aromatic rings. The lowest BCUT2D eigenvalue weighted by Crippen LogP contribution is -2.46. The molecule has 3 rings (SSSR count). The molecule has 1 saturated heterocycles. The Labute approximate surface area is 108 Å². The summed E-state index contributed by atoms with van der Waals surface area (Å²) < 4.78 is 5.84. The monoisotopic (exact) mass is 247 g/mol. The standard InChI is InChI=1S/C14H21N3O/c1-11-9-15-14(16-10-11)18-13-5-7-17(8-6-13)12-3-2-4-12/h9-10,12-13H,2-8H2,1H3. The zero-order valence-corrected chi connectivity index (χ0v) is 11.0. The number of aryl methyl sites for hydroxylation is 1. The third kappa shape index (κ3) is 2.64. The van der Waals surface area contributed by atoms with E-state index in [2.05, 4.69) is 14.9 Å². The molecule has 2 fully saturated rings. The van der Waals surface area contributed by atoms with E-state index in [1.54, 1.807) is 0 Å². The molecule has 0 atom stereocenters. The summed E-state index contributed by atoms with van der Waals surface area (Å²) in [6, 6.07) is 1.39. The summed E-state index contributed by atoms with van der Waals surface area (Å²) >= 11 is 0. The van der Waals surface area contributed by atoms with Gasteiger partial charge in [0.05, 0.1) is 0 Å². The molecule has 0 aromatic carbocycles. The van der Waals surface area contributed by atoms with Crippen LogP contribution in [0.2, 0.25) is 0 Å². The Morgan fingerprint density at radius 2 is 1.78 bits per heavy atom. The van der Waals surface area contributed by atoms with E-state index in [4.69, 9.17) is 4.74 Å². The summed E-state index contributed by atoms with van der Waals surface area (Å²) in [5.41, 5.74) is 1.07. The third-order valence-corrected chi connectivity index (χ3v) is 4.10. The van der Waals surface area contributed by atoms with Gasteiger partial charge in [0.1, 0.15) is 6.10 Å². The highest BCUT2D eigenvalue weighted by Gasteiger charge is 2.29. The van der Waals surface area contributed by atoms with Crippen molar-refractivity contribution in [2.24, 2.45) is 0 Å². The first kappa shape index (κ1) is 11.9. The Morgan fingerprint density at radius 1 is 1.11 bits per heavy atom. The fraction of sp³-hybridized carbons (Fsp3) is 0.714. The normalized spacial score (nSPS) is 22.7. The van der Waals surface area contributed by atoms with Crippen molar-refractivity contribution in [3.8, 4) is 6.01 Å². The van der Waals surface area contributed by atoms with E-state index in [1.165, 1.54) is 32.4 Å². The van der Waals surface area contributed by atoms with Gasteiger partial charge in [-0.2, -0.15) is 0 Å². The lowest BCUT2D eigenvalue weighted by atomic mass is 9.90. The number of aromatic nitrogens is 2. The van der Waals surface area contributed by atoms with E-state index in [0.717, 1.165) is 24.4 Å². The maximum absolute atomic E-state index is 5.84. The van der Waals surface area contributed by atoms with Gasteiger partial charge >= 0.3 is 6.01 Å². The van der Waals surface area contributed by atoms with Crippen LogP contribution in [-0.2, 0) is 0 Å². The molecule has 0 bridgehead atoms. The van der Waals surface area contributed by atoms with E-state index < -0.39 is 0 Å². The van der Waals surface area contributed by atoms with Crippen LogP contribution < -0.4 is 4.74 Å². The summed E-state index contributed by atoms with van der Waals surface area (Å²) in [5.74, 6) is 0. The summed E-state index contributed by atoms with van der Waals surface area (Å²) in [5, 5.41) is 0. The van der Waals surface area contributed by atoms with Gasteiger partial charge in [-0.3, -0.25) is 0 Å². The molecule has 2 aliphatic rings. The predicted octanol–water partition coefficient (Wildman–Crippen LogP) is 2.18. The summed E-state index contributed by atoms with van der Waals surface area (Å²) in [6.07, 6.45) is 10.3. The van der Waals surface area contributed by atoms with Crippen LogP contribution in [-0.4, -0.2) is 40.1 Å². The van der Waals surface area contributed by atoms with E-state index in [9.17, 15) is 0 Å². The van der Waals surface area contributed by atoms with Crippen LogP contribution in [0.15, 0.2) is 12.4 Å². The van der Waals surface area contributed by atoms with Gasteiger partial charge in [-0.25, -0.2) is 9.97 Å². The number of hydrogen-bond acceptors (Lipinski definition) is 4. The zero-order chi connectivity index (χ0) is 12.4. The van der Waals surface area contributed by atoms with Crippen molar-refractivity contribution in [3.05, 3.63) is 18.0 Å². The van der Waals surface area contributed by atoms with Crippen molar-refractivity contribution in [3.63, 3.8) is 0 Å². The molecule has 0 radical (unpaired) electrons. The van der Waals surface area contributed by atoms with E-state index >= 15 is 0 Å². The SMILES string of the molecule is Cc1cnc(OC2CCN(C3CCC3)CC2)nc1. The number of nitrogens with zero attached hydrogens (tertiary/aromatic N) is 3. The maximum atomic E-state index is 5.84. The van der Waals surface area contributed by atoms with Crippen LogP contribution in [0.4, 0.5) is 0 Å². The van der Waals surface area contributed by atoms with Gasteiger partial charge in [-0.15, -0.1) is 0 Å². The van der Waals surface area contributed by atoms with Crippen LogP contribution in [0.25, 0.3) is 0 Å². The average Bonchev–Trinajstić information content (AvgIpc) is 2.32. The molecule has 4 nitrogen and oxygen atoms in total. The van der Waals surface area contributed by atoms with E-state index in [1.807, 2.05) is 19.3 Å². The largest absolute Gasteiger partial charge is 0.460 e. The number of ether oxygens (including phenoxy) is 1. The minimum atomic E-state index is 0.295. The van der Waals surface area contributed by atoms with Gasteiger partial charge in [0.25, 0.3) is 0 Å². The smallest absolute Gasteiger partial charge is 0.316 e. The Bertz CT molecular complexity index is 381. The van der Waals surface area contributed by atoms with Crippen molar-refractivity contribution < 1.29 is 4.74 Å². The molecule has 1 saturated carbocycles. The van der Waals surface area contributed by atoms with Gasteiger partial charge in [-0.1, -0.05) is 6.42 Å². The summed E-state index contributed by atoms with van der Waals surface area (Å²) in [7, 11) is 0. The van der Waals surface area contributed by atoms with Gasteiger partial charge < -0.3 is 9.64 Å². The van der Waals surface area contributed by atoms with Gasteiger partial charge in [-0.05, 0) is 38.2 Å². The molecule has 2 heterocycles. The molecule has 0 unspecified atom stereocenters. The molecule has 1 aliphatic heterocycles. The molecule has 1 aromatic heterocycles. The second kappa shape index (κ2) is 5.22. The summed E-state index contributed by atoms with van der Waals surface area (Å²) in [4.78, 5) is 11.0. The van der Waals surface area contributed by atoms with Crippen molar-refractivity contribution in [1.29, 1.82) is 0 Å². The fourth-order valence-electron chi connectivity index (χ4n) is 2.70. The zero-order valence-electron chi connectivity index (χ0n) is 11.0. The van der Waals surface area contributed by atoms with Gasteiger partial charge in [0, 0.05) is 31.5 Å². The highest BCUT2D eigenvalue weighted by atomic mass is 16.5. The molecular formula is C14H21N3O. The van der Waals surface area contributed by atoms with Crippen molar-refractivity contribution in [1.82, 2.24) is 14.9 Å². The molecule has 1 aliphatic carbocycles. The van der Waals surface area contributed by atoms with Gasteiger partial charge in [0.15, 0.2) is 0 Å².